The minimum atomic E-state index is 0.135. The molecule has 0 spiro atoms. The van der Waals surface area contributed by atoms with Crippen LogP contribution in [0.2, 0.25) is 5.02 Å². The molecule has 1 aliphatic rings. The van der Waals surface area contributed by atoms with Crippen molar-refractivity contribution in [2.75, 3.05) is 19.6 Å². The Hall–Kier alpha value is -1.06. The zero-order chi connectivity index (χ0) is 14.5. The highest BCUT2D eigenvalue weighted by Crippen LogP contribution is 2.12. The maximum atomic E-state index is 12.0. The third-order valence-corrected chi connectivity index (χ3v) is 4.14. The van der Waals surface area contributed by atoms with Crippen molar-refractivity contribution in [3.8, 4) is 0 Å². The van der Waals surface area contributed by atoms with Crippen LogP contribution in [0.25, 0.3) is 0 Å². The van der Waals surface area contributed by atoms with E-state index >= 15 is 0 Å². The second kappa shape index (κ2) is 7.09. The molecule has 0 aliphatic carbocycles. The average Bonchev–Trinajstić information content (AvgIpc) is 2.37. The third-order valence-electron chi connectivity index (χ3n) is 3.89. The molecule has 4 heteroatoms. The second-order valence-electron chi connectivity index (χ2n) is 6.18. The van der Waals surface area contributed by atoms with Crippen LogP contribution < -0.4 is 10.2 Å². The van der Waals surface area contributed by atoms with Crippen molar-refractivity contribution in [3.63, 3.8) is 0 Å². The fourth-order valence-corrected chi connectivity index (χ4v) is 3.29. The number of carbonyl (C=O) groups excluding carboxylic acids is 1. The monoisotopic (exact) mass is 295 g/mol. The van der Waals surface area contributed by atoms with E-state index in [4.69, 9.17) is 11.6 Å². The number of quaternary nitrogens is 1. The lowest BCUT2D eigenvalue weighted by molar-refractivity contribution is -0.904. The SMILES string of the molecule is C[C@@H]1C[C@@H](C)C[NH+](CC(=O)NCc2ccc(Cl)cc2)C1. The van der Waals surface area contributed by atoms with Gasteiger partial charge in [0.05, 0.1) is 13.1 Å². The summed E-state index contributed by atoms with van der Waals surface area (Å²) in [6.45, 7) is 7.94. The number of hydrogen-bond donors (Lipinski definition) is 2. The van der Waals surface area contributed by atoms with Gasteiger partial charge < -0.3 is 10.2 Å². The number of hydrogen-bond acceptors (Lipinski definition) is 1. The Morgan fingerprint density at radius 2 is 1.85 bits per heavy atom. The van der Waals surface area contributed by atoms with E-state index in [9.17, 15) is 4.79 Å². The van der Waals surface area contributed by atoms with Gasteiger partial charge in [-0.05, 0) is 24.1 Å². The molecule has 1 aliphatic heterocycles. The van der Waals surface area contributed by atoms with Gasteiger partial charge in [0.25, 0.3) is 5.91 Å². The van der Waals surface area contributed by atoms with Crippen LogP contribution in [0.4, 0.5) is 0 Å². The summed E-state index contributed by atoms with van der Waals surface area (Å²) in [6, 6.07) is 7.59. The Kier molecular flexibility index (Phi) is 5.44. The first-order valence-electron chi connectivity index (χ1n) is 7.37. The van der Waals surface area contributed by atoms with Crippen LogP contribution in [-0.2, 0) is 11.3 Å². The molecule has 110 valence electrons. The summed E-state index contributed by atoms with van der Waals surface area (Å²) < 4.78 is 0. The summed E-state index contributed by atoms with van der Waals surface area (Å²) in [4.78, 5) is 13.4. The van der Waals surface area contributed by atoms with E-state index in [1.165, 1.54) is 11.3 Å². The molecule has 0 radical (unpaired) electrons. The van der Waals surface area contributed by atoms with E-state index in [-0.39, 0.29) is 5.91 Å². The number of likely N-dealkylation sites (tertiary alicyclic amines) is 1. The normalized spacial score (nSPS) is 26.2. The number of piperidine rings is 1. The second-order valence-corrected chi connectivity index (χ2v) is 6.62. The molecule has 1 aromatic rings. The van der Waals surface area contributed by atoms with Gasteiger partial charge >= 0.3 is 0 Å². The van der Waals surface area contributed by atoms with Crippen LogP contribution in [0.1, 0.15) is 25.8 Å². The van der Waals surface area contributed by atoms with Gasteiger partial charge in [-0.2, -0.15) is 0 Å². The summed E-state index contributed by atoms with van der Waals surface area (Å²) >= 11 is 5.84. The zero-order valence-corrected chi connectivity index (χ0v) is 13.0. The minimum Gasteiger partial charge on any atom is -0.347 e. The van der Waals surface area contributed by atoms with Crippen molar-refractivity contribution >= 4 is 17.5 Å². The van der Waals surface area contributed by atoms with Gasteiger partial charge in [0, 0.05) is 23.4 Å². The van der Waals surface area contributed by atoms with Crippen LogP contribution in [0.15, 0.2) is 24.3 Å². The molecule has 1 heterocycles. The Morgan fingerprint density at radius 3 is 2.45 bits per heavy atom. The van der Waals surface area contributed by atoms with Crippen molar-refractivity contribution in [2.24, 2.45) is 11.8 Å². The lowest BCUT2D eigenvalue weighted by Gasteiger charge is -2.31. The van der Waals surface area contributed by atoms with Gasteiger partial charge in [-0.1, -0.05) is 37.6 Å². The Labute approximate surface area is 126 Å². The number of amides is 1. The van der Waals surface area contributed by atoms with E-state index in [2.05, 4.69) is 19.2 Å². The smallest absolute Gasteiger partial charge is 0.275 e. The van der Waals surface area contributed by atoms with Gasteiger partial charge in [0.2, 0.25) is 0 Å². The molecule has 2 rings (SSSR count). The lowest BCUT2D eigenvalue weighted by Crippen LogP contribution is -3.15. The molecule has 0 aromatic heterocycles. The van der Waals surface area contributed by atoms with Crippen molar-refractivity contribution < 1.29 is 9.69 Å². The number of halogens is 1. The van der Waals surface area contributed by atoms with E-state index in [0.717, 1.165) is 35.5 Å². The van der Waals surface area contributed by atoms with Gasteiger partial charge in [0.15, 0.2) is 6.54 Å². The fraction of sp³-hybridized carbons (Fsp3) is 0.562. The molecule has 20 heavy (non-hydrogen) atoms. The predicted molar refractivity (Wildman–Crippen MR) is 81.8 cm³/mol. The quantitative estimate of drug-likeness (QED) is 0.867. The molecule has 1 fully saturated rings. The number of carbonyl (C=O) groups is 1. The molecule has 1 saturated heterocycles. The molecule has 1 aromatic carbocycles. The van der Waals surface area contributed by atoms with Gasteiger partial charge in [-0.15, -0.1) is 0 Å². The number of rotatable bonds is 4. The van der Waals surface area contributed by atoms with E-state index in [1.54, 1.807) is 0 Å². The Morgan fingerprint density at radius 1 is 1.25 bits per heavy atom. The van der Waals surface area contributed by atoms with Crippen molar-refractivity contribution in [2.45, 2.75) is 26.8 Å². The zero-order valence-electron chi connectivity index (χ0n) is 12.3. The first-order chi connectivity index (χ1) is 9.52. The first-order valence-corrected chi connectivity index (χ1v) is 7.75. The summed E-state index contributed by atoms with van der Waals surface area (Å²) in [7, 11) is 0. The first kappa shape index (κ1) is 15.3. The van der Waals surface area contributed by atoms with Gasteiger partial charge in [0.1, 0.15) is 0 Å². The molecule has 2 N–H and O–H groups in total. The summed E-state index contributed by atoms with van der Waals surface area (Å²) in [5.74, 6) is 1.58. The maximum Gasteiger partial charge on any atom is 0.275 e. The molecule has 3 nitrogen and oxygen atoms in total. The van der Waals surface area contributed by atoms with Crippen molar-refractivity contribution in [1.29, 1.82) is 0 Å². The average molecular weight is 296 g/mol. The molecule has 2 atom stereocenters. The topological polar surface area (TPSA) is 33.5 Å². The largest absolute Gasteiger partial charge is 0.347 e. The molecule has 1 amide bonds. The van der Waals surface area contributed by atoms with Crippen LogP contribution in [0.5, 0.6) is 0 Å². The predicted octanol–water partition coefficient (Wildman–Crippen LogP) is 1.52. The summed E-state index contributed by atoms with van der Waals surface area (Å²) in [6.07, 6.45) is 1.29. The van der Waals surface area contributed by atoms with Crippen molar-refractivity contribution in [1.82, 2.24) is 5.32 Å². The molecule has 0 unspecified atom stereocenters. The van der Waals surface area contributed by atoms with Crippen molar-refractivity contribution in [3.05, 3.63) is 34.9 Å². The van der Waals surface area contributed by atoms with Crippen LogP contribution in [0.3, 0.4) is 0 Å². The minimum absolute atomic E-state index is 0.135. The van der Waals surface area contributed by atoms with Crippen LogP contribution in [0, 0.1) is 11.8 Å². The van der Waals surface area contributed by atoms with Gasteiger partial charge in [-0.25, -0.2) is 0 Å². The third kappa shape index (κ3) is 4.80. The van der Waals surface area contributed by atoms with E-state index < -0.39 is 0 Å². The number of nitrogens with one attached hydrogen (secondary N) is 2. The van der Waals surface area contributed by atoms with Crippen LogP contribution >= 0.6 is 11.6 Å². The van der Waals surface area contributed by atoms with E-state index in [0.29, 0.717) is 13.1 Å². The molecule has 0 bridgehead atoms. The standard InChI is InChI=1S/C16H23ClN2O/c1-12-7-13(2)10-19(9-12)11-16(20)18-8-14-3-5-15(17)6-4-14/h3-6,12-13H,7-11H2,1-2H3,(H,18,20)/p+1/t12-,13-/m1/s1. The van der Waals surface area contributed by atoms with Gasteiger partial charge in [-0.3, -0.25) is 4.79 Å². The highest BCUT2D eigenvalue weighted by Gasteiger charge is 2.26. The Bertz CT molecular complexity index is 436. The maximum absolute atomic E-state index is 12.0. The molecule has 0 saturated carbocycles. The molecular weight excluding hydrogens is 272 g/mol. The number of benzene rings is 1. The highest BCUT2D eigenvalue weighted by molar-refractivity contribution is 6.30. The molecular formula is C16H24ClN2O+. The highest BCUT2D eigenvalue weighted by atomic mass is 35.5. The summed E-state index contributed by atoms with van der Waals surface area (Å²) in [5.41, 5.74) is 1.08. The Balaban J connectivity index is 1.76. The summed E-state index contributed by atoms with van der Waals surface area (Å²) in [5, 5.41) is 3.72. The fourth-order valence-electron chi connectivity index (χ4n) is 3.16. The van der Waals surface area contributed by atoms with Crippen LogP contribution in [-0.4, -0.2) is 25.5 Å². The lowest BCUT2D eigenvalue weighted by atomic mass is 9.92. The van der Waals surface area contributed by atoms with E-state index in [1.807, 2.05) is 24.3 Å².